The van der Waals surface area contributed by atoms with Gasteiger partial charge >= 0.3 is 0 Å². The lowest BCUT2D eigenvalue weighted by Gasteiger charge is -2.27. The van der Waals surface area contributed by atoms with E-state index < -0.39 is 0 Å². The minimum atomic E-state index is 0.513. The Kier molecular flexibility index (Phi) is 1.70. The molecule has 4 nitrogen and oxygen atoms in total. The number of aromatic nitrogens is 2. The van der Waals surface area contributed by atoms with E-state index in [0.717, 1.165) is 17.5 Å². The van der Waals surface area contributed by atoms with Gasteiger partial charge in [0.2, 0.25) is 0 Å². The maximum atomic E-state index is 10.8. The molecule has 1 aliphatic heterocycles. The first-order valence-electron chi connectivity index (χ1n) is 5.03. The normalized spacial score (nSPS) is 20.6. The molecule has 14 heavy (non-hydrogen) atoms. The first-order valence-corrected chi connectivity index (χ1v) is 5.03. The van der Waals surface area contributed by atoms with Crippen LogP contribution in [-0.4, -0.2) is 16.1 Å². The standard InChI is InChI=1S/C10H12N2O2/c13-4-9-8-5-14-6-10(8)12(11-9)7-2-1-3-7/h4,7H,1-3,5-6H2. The second-order valence-electron chi connectivity index (χ2n) is 3.95. The molecule has 1 aromatic heterocycles. The molecule has 1 aromatic rings. The summed E-state index contributed by atoms with van der Waals surface area (Å²) in [5.74, 6) is 0. The number of carbonyl (C=O) groups excluding carboxylic acids is 1. The second kappa shape index (κ2) is 2.92. The fourth-order valence-corrected chi connectivity index (χ4v) is 2.11. The molecule has 1 saturated carbocycles. The number of fused-ring (bicyclic) bond motifs is 1. The fraction of sp³-hybridized carbons (Fsp3) is 0.600. The Labute approximate surface area is 81.9 Å². The molecule has 0 unspecified atom stereocenters. The molecule has 0 atom stereocenters. The van der Waals surface area contributed by atoms with Crippen molar-refractivity contribution in [2.45, 2.75) is 38.5 Å². The van der Waals surface area contributed by atoms with E-state index >= 15 is 0 Å². The van der Waals surface area contributed by atoms with Crippen molar-refractivity contribution in [2.24, 2.45) is 0 Å². The van der Waals surface area contributed by atoms with Gasteiger partial charge in [-0.2, -0.15) is 5.10 Å². The zero-order valence-electron chi connectivity index (χ0n) is 7.90. The van der Waals surface area contributed by atoms with Crippen LogP contribution in [0.15, 0.2) is 0 Å². The second-order valence-corrected chi connectivity index (χ2v) is 3.95. The van der Waals surface area contributed by atoms with E-state index in [1.165, 1.54) is 19.3 Å². The Morgan fingerprint density at radius 3 is 2.93 bits per heavy atom. The Balaban J connectivity index is 2.06. The third-order valence-corrected chi connectivity index (χ3v) is 3.17. The number of hydrogen-bond donors (Lipinski definition) is 0. The fourth-order valence-electron chi connectivity index (χ4n) is 2.11. The zero-order chi connectivity index (χ0) is 9.54. The minimum Gasteiger partial charge on any atom is -0.370 e. The molecule has 1 aliphatic carbocycles. The summed E-state index contributed by atoms with van der Waals surface area (Å²) in [4.78, 5) is 10.8. The van der Waals surface area contributed by atoms with Gasteiger partial charge in [-0.3, -0.25) is 9.48 Å². The van der Waals surface area contributed by atoms with Crippen LogP contribution < -0.4 is 0 Å². The SMILES string of the molecule is O=Cc1nn(C2CCC2)c2c1COC2. The number of hydrogen-bond acceptors (Lipinski definition) is 3. The molecule has 0 N–H and O–H groups in total. The van der Waals surface area contributed by atoms with E-state index in [9.17, 15) is 4.79 Å². The van der Waals surface area contributed by atoms with Crippen molar-refractivity contribution in [2.75, 3.05) is 0 Å². The Hall–Kier alpha value is -1.16. The predicted octanol–water partition coefficient (Wildman–Crippen LogP) is 1.45. The Bertz CT molecular complexity index is 380. The highest BCUT2D eigenvalue weighted by molar-refractivity contribution is 5.74. The van der Waals surface area contributed by atoms with Gasteiger partial charge in [0.1, 0.15) is 5.69 Å². The van der Waals surface area contributed by atoms with E-state index in [1.807, 2.05) is 4.68 Å². The molecule has 0 radical (unpaired) electrons. The van der Waals surface area contributed by atoms with Gasteiger partial charge in [-0.05, 0) is 19.3 Å². The average Bonchev–Trinajstić information content (AvgIpc) is 2.64. The van der Waals surface area contributed by atoms with Gasteiger partial charge < -0.3 is 4.74 Å². The highest BCUT2D eigenvalue weighted by Gasteiger charge is 2.29. The monoisotopic (exact) mass is 192 g/mol. The lowest BCUT2D eigenvalue weighted by molar-refractivity contribution is 0.109. The molecule has 0 saturated heterocycles. The van der Waals surface area contributed by atoms with Gasteiger partial charge in [-0.15, -0.1) is 0 Å². The van der Waals surface area contributed by atoms with Crippen LogP contribution in [0.2, 0.25) is 0 Å². The van der Waals surface area contributed by atoms with Gasteiger partial charge in [0.15, 0.2) is 6.29 Å². The summed E-state index contributed by atoms with van der Waals surface area (Å²) in [7, 11) is 0. The number of carbonyl (C=O) groups is 1. The maximum Gasteiger partial charge on any atom is 0.170 e. The van der Waals surface area contributed by atoms with Crippen LogP contribution in [0.25, 0.3) is 0 Å². The third-order valence-electron chi connectivity index (χ3n) is 3.17. The molecule has 74 valence electrons. The highest BCUT2D eigenvalue weighted by Crippen LogP contribution is 2.35. The Morgan fingerprint density at radius 1 is 1.43 bits per heavy atom. The number of rotatable bonds is 2. The van der Waals surface area contributed by atoms with Gasteiger partial charge in [0.25, 0.3) is 0 Å². The number of ether oxygens (including phenoxy) is 1. The summed E-state index contributed by atoms with van der Waals surface area (Å²) in [6.45, 7) is 1.17. The first kappa shape index (κ1) is 8.17. The van der Waals surface area contributed by atoms with Crippen LogP contribution >= 0.6 is 0 Å². The molecule has 0 bridgehead atoms. The van der Waals surface area contributed by atoms with Crippen molar-refractivity contribution in [3.8, 4) is 0 Å². The Morgan fingerprint density at radius 2 is 2.29 bits per heavy atom. The van der Waals surface area contributed by atoms with Crippen molar-refractivity contribution in [3.05, 3.63) is 17.0 Å². The highest BCUT2D eigenvalue weighted by atomic mass is 16.5. The van der Waals surface area contributed by atoms with Crippen LogP contribution in [0, 0.1) is 0 Å². The summed E-state index contributed by atoms with van der Waals surface area (Å²) in [6.07, 6.45) is 4.48. The van der Waals surface area contributed by atoms with Crippen LogP contribution in [0.3, 0.4) is 0 Å². The number of nitrogens with zero attached hydrogens (tertiary/aromatic N) is 2. The summed E-state index contributed by atoms with van der Waals surface area (Å²) < 4.78 is 7.35. The summed E-state index contributed by atoms with van der Waals surface area (Å²) in [5.41, 5.74) is 2.70. The molecule has 0 amide bonds. The summed E-state index contributed by atoms with van der Waals surface area (Å²) in [5, 5.41) is 4.34. The number of aldehydes is 1. The molecule has 2 aliphatic rings. The third kappa shape index (κ3) is 0.973. The molecule has 1 fully saturated rings. The molecule has 3 rings (SSSR count). The van der Waals surface area contributed by atoms with E-state index in [0.29, 0.717) is 24.9 Å². The molecular weight excluding hydrogens is 180 g/mol. The lowest BCUT2D eigenvalue weighted by atomic mass is 9.93. The van der Waals surface area contributed by atoms with E-state index in [-0.39, 0.29) is 0 Å². The zero-order valence-corrected chi connectivity index (χ0v) is 7.90. The van der Waals surface area contributed by atoms with Gasteiger partial charge in [0.05, 0.1) is 24.9 Å². The summed E-state index contributed by atoms with van der Waals surface area (Å²) in [6, 6.07) is 0.513. The van der Waals surface area contributed by atoms with Crippen LogP contribution in [0.1, 0.15) is 47.1 Å². The van der Waals surface area contributed by atoms with Crippen molar-refractivity contribution < 1.29 is 9.53 Å². The van der Waals surface area contributed by atoms with Gasteiger partial charge in [-0.25, -0.2) is 0 Å². The van der Waals surface area contributed by atoms with E-state index in [4.69, 9.17) is 4.74 Å². The van der Waals surface area contributed by atoms with Crippen molar-refractivity contribution in [1.29, 1.82) is 0 Å². The average molecular weight is 192 g/mol. The van der Waals surface area contributed by atoms with E-state index in [2.05, 4.69) is 5.10 Å². The van der Waals surface area contributed by atoms with Crippen LogP contribution in [-0.2, 0) is 18.0 Å². The van der Waals surface area contributed by atoms with Crippen LogP contribution in [0.4, 0.5) is 0 Å². The molecule has 0 aromatic carbocycles. The largest absolute Gasteiger partial charge is 0.370 e. The molecule has 4 heteroatoms. The molecular formula is C10H12N2O2. The van der Waals surface area contributed by atoms with Gasteiger partial charge in [0, 0.05) is 5.56 Å². The minimum absolute atomic E-state index is 0.513. The van der Waals surface area contributed by atoms with E-state index in [1.54, 1.807) is 0 Å². The predicted molar refractivity (Wildman–Crippen MR) is 49.0 cm³/mol. The van der Waals surface area contributed by atoms with Crippen molar-refractivity contribution in [1.82, 2.24) is 9.78 Å². The first-order chi connectivity index (χ1) is 6.90. The molecule has 2 heterocycles. The quantitative estimate of drug-likeness (QED) is 0.666. The maximum absolute atomic E-state index is 10.8. The van der Waals surface area contributed by atoms with Crippen LogP contribution in [0.5, 0.6) is 0 Å². The van der Waals surface area contributed by atoms with Crippen molar-refractivity contribution in [3.63, 3.8) is 0 Å². The topological polar surface area (TPSA) is 44.1 Å². The molecule has 0 spiro atoms. The summed E-state index contributed by atoms with van der Waals surface area (Å²) >= 11 is 0. The lowest BCUT2D eigenvalue weighted by Crippen LogP contribution is -2.20. The van der Waals surface area contributed by atoms with Gasteiger partial charge in [-0.1, -0.05) is 0 Å². The smallest absolute Gasteiger partial charge is 0.170 e. The van der Waals surface area contributed by atoms with Crippen molar-refractivity contribution >= 4 is 6.29 Å².